The van der Waals surface area contributed by atoms with Gasteiger partial charge in [-0.3, -0.25) is 4.90 Å². The zero-order chi connectivity index (χ0) is 22.7. The third-order valence-electron chi connectivity index (χ3n) is 5.52. The number of halogens is 1. The number of aromatic nitrogens is 2. The van der Waals surface area contributed by atoms with Crippen LogP contribution in [-0.4, -0.2) is 34.7 Å². The Kier molecular flexibility index (Phi) is 6.20. The maximum Gasteiger partial charge on any atom is 0.322 e. The van der Waals surface area contributed by atoms with E-state index in [1.54, 1.807) is 24.1 Å². The topological polar surface area (TPSA) is 80.5 Å². The lowest BCUT2D eigenvalue weighted by atomic mass is 9.94. The molecule has 0 spiro atoms. The summed E-state index contributed by atoms with van der Waals surface area (Å²) in [7, 11) is 1.60. The molecule has 2 heterocycles. The molecule has 0 radical (unpaired) electrons. The molecule has 32 heavy (non-hydrogen) atoms. The number of methoxy groups -OCH3 is 1. The Hall–Kier alpha value is -3.68. The van der Waals surface area contributed by atoms with Crippen molar-refractivity contribution < 1.29 is 18.4 Å². The summed E-state index contributed by atoms with van der Waals surface area (Å²) < 4.78 is 24.8. The summed E-state index contributed by atoms with van der Waals surface area (Å²) in [6.45, 7) is 4.48. The van der Waals surface area contributed by atoms with Crippen LogP contribution in [0.1, 0.15) is 44.2 Å². The highest BCUT2D eigenvalue weighted by Crippen LogP contribution is 2.37. The van der Waals surface area contributed by atoms with E-state index in [0.717, 1.165) is 24.2 Å². The molecule has 2 amide bonds. The summed E-state index contributed by atoms with van der Waals surface area (Å²) in [6, 6.07) is 12.6. The Balaban J connectivity index is 1.78. The summed E-state index contributed by atoms with van der Waals surface area (Å²) >= 11 is 0. The van der Waals surface area contributed by atoms with E-state index < -0.39 is 6.04 Å². The molecular formula is C24H25FN4O3. The van der Waals surface area contributed by atoms with Crippen LogP contribution in [0.15, 0.2) is 58.8 Å². The van der Waals surface area contributed by atoms with E-state index in [9.17, 15) is 9.18 Å². The van der Waals surface area contributed by atoms with Gasteiger partial charge < -0.3 is 14.6 Å². The molecule has 1 aliphatic heterocycles. The molecule has 1 N–H and O–H groups in total. The van der Waals surface area contributed by atoms with E-state index in [4.69, 9.17) is 9.26 Å². The Morgan fingerprint density at radius 1 is 1.22 bits per heavy atom. The molecule has 7 nitrogen and oxygen atoms in total. The fraction of sp³-hybridized carbons (Fsp3) is 0.292. The van der Waals surface area contributed by atoms with Crippen molar-refractivity contribution in [2.24, 2.45) is 0 Å². The first-order valence-corrected chi connectivity index (χ1v) is 10.5. The molecule has 1 atom stereocenters. The Labute approximate surface area is 185 Å². The largest absolute Gasteiger partial charge is 0.497 e. The fourth-order valence-corrected chi connectivity index (χ4v) is 3.77. The zero-order valence-corrected chi connectivity index (χ0v) is 18.3. The lowest BCUT2D eigenvalue weighted by molar-refractivity contribution is 0.204. The normalized spacial score (nSPS) is 16.3. The molecule has 3 aromatic rings. The minimum Gasteiger partial charge on any atom is -0.497 e. The van der Waals surface area contributed by atoms with Gasteiger partial charge in [0.15, 0.2) is 0 Å². The molecule has 0 aliphatic carbocycles. The Bertz CT molecular complexity index is 1140. The molecule has 1 unspecified atom stereocenters. The summed E-state index contributed by atoms with van der Waals surface area (Å²) in [5.41, 5.74) is 2.73. The van der Waals surface area contributed by atoms with E-state index in [1.807, 2.05) is 31.2 Å². The second-order valence-electron chi connectivity index (χ2n) is 7.59. The smallest absolute Gasteiger partial charge is 0.322 e. The molecular weight excluding hydrogens is 411 g/mol. The van der Waals surface area contributed by atoms with Crippen LogP contribution in [0.4, 0.5) is 9.18 Å². The van der Waals surface area contributed by atoms with Gasteiger partial charge in [-0.25, -0.2) is 9.18 Å². The zero-order valence-electron chi connectivity index (χ0n) is 18.3. The molecule has 0 saturated carbocycles. The van der Waals surface area contributed by atoms with Gasteiger partial charge in [0.05, 0.1) is 18.7 Å². The van der Waals surface area contributed by atoms with Gasteiger partial charge in [-0.2, -0.15) is 4.98 Å². The van der Waals surface area contributed by atoms with E-state index in [0.29, 0.717) is 29.2 Å². The highest BCUT2D eigenvalue weighted by Gasteiger charge is 2.35. The summed E-state index contributed by atoms with van der Waals surface area (Å²) in [5, 5.41) is 7.12. The molecule has 1 aromatic heterocycles. The van der Waals surface area contributed by atoms with Crippen LogP contribution in [0.5, 0.6) is 5.75 Å². The van der Waals surface area contributed by atoms with Gasteiger partial charge >= 0.3 is 6.03 Å². The molecule has 2 aromatic carbocycles. The minimum absolute atomic E-state index is 0.233. The number of nitrogens with one attached hydrogen (secondary N) is 1. The van der Waals surface area contributed by atoms with Gasteiger partial charge in [-0.05, 0) is 55.3 Å². The van der Waals surface area contributed by atoms with Crippen LogP contribution in [0.3, 0.4) is 0 Å². The summed E-state index contributed by atoms with van der Waals surface area (Å²) in [4.78, 5) is 19.1. The fourth-order valence-electron chi connectivity index (χ4n) is 3.77. The maximum absolute atomic E-state index is 14.0. The van der Waals surface area contributed by atoms with Gasteiger partial charge in [-0.15, -0.1) is 0 Å². The predicted molar refractivity (Wildman–Crippen MR) is 118 cm³/mol. The first-order valence-electron chi connectivity index (χ1n) is 10.5. The van der Waals surface area contributed by atoms with Crippen molar-refractivity contribution >= 4 is 11.6 Å². The molecule has 0 saturated heterocycles. The third kappa shape index (κ3) is 4.21. The van der Waals surface area contributed by atoms with Crippen LogP contribution in [0, 0.1) is 5.82 Å². The Morgan fingerprint density at radius 2 is 2.00 bits per heavy atom. The highest BCUT2D eigenvalue weighted by atomic mass is 19.1. The number of nitrogens with zero attached hydrogens (tertiary/aromatic N) is 3. The molecule has 1 aliphatic rings. The average molecular weight is 436 g/mol. The van der Waals surface area contributed by atoms with Crippen molar-refractivity contribution in [3.63, 3.8) is 0 Å². The van der Waals surface area contributed by atoms with Crippen molar-refractivity contribution in [2.75, 3.05) is 13.7 Å². The van der Waals surface area contributed by atoms with Crippen molar-refractivity contribution in [1.29, 1.82) is 0 Å². The van der Waals surface area contributed by atoms with Gasteiger partial charge in [0.2, 0.25) is 5.82 Å². The summed E-state index contributed by atoms with van der Waals surface area (Å²) in [6.07, 6.45) is 1.80. The van der Waals surface area contributed by atoms with Crippen molar-refractivity contribution in [2.45, 2.75) is 32.7 Å². The van der Waals surface area contributed by atoms with Crippen molar-refractivity contribution in [1.82, 2.24) is 20.4 Å². The van der Waals surface area contributed by atoms with Crippen LogP contribution in [0.25, 0.3) is 17.0 Å². The van der Waals surface area contributed by atoms with E-state index in [-0.39, 0.29) is 17.7 Å². The van der Waals surface area contributed by atoms with Crippen LogP contribution in [0.2, 0.25) is 0 Å². The number of rotatable bonds is 7. The number of hydrogen-bond acceptors (Lipinski definition) is 5. The quantitative estimate of drug-likeness (QED) is 0.552. The molecule has 166 valence electrons. The van der Waals surface area contributed by atoms with E-state index in [1.165, 1.54) is 12.1 Å². The summed E-state index contributed by atoms with van der Waals surface area (Å²) in [5.74, 6) is 1.04. The number of ether oxygens (including phenoxy) is 1. The molecule has 0 bridgehead atoms. The number of allylic oxidation sites excluding steroid dienone is 1. The minimum atomic E-state index is -0.611. The highest BCUT2D eigenvalue weighted by molar-refractivity contribution is 5.86. The monoisotopic (exact) mass is 436 g/mol. The number of urea groups is 1. The number of carbonyl (C=O) groups excluding carboxylic acids is 1. The van der Waals surface area contributed by atoms with Gasteiger partial charge in [0.25, 0.3) is 5.89 Å². The number of hydrogen-bond donors (Lipinski definition) is 1. The van der Waals surface area contributed by atoms with Crippen LogP contribution < -0.4 is 10.1 Å². The first-order chi connectivity index (χ1) is 15.5. The molecule has 4 rings (SSSR count). The van der Waals surface area contributed by atoms with Crippen molar-refractivity contribution in [3.8, 4) is 17.1 Å². The van der Waals surface area contributed by atoms with Gasteiger partial charge in [0.1, 0.15) is 11.6 Å². The Morgan fingerprint density at radius 3 is 2.69 bits per heavy atom. The van der Waals surface area contributed by atoms with E-state index in [2.05, 4.69) is 22.4 Å². The second-order valence-corrected chi connectivity index (χ2v) is 7.59. The lowest BCUT2D eigenvalue weighted by Gasteiger charge is -2.35. The van der Waals surface area contributed by atoms with Crippen molar-refractivity contribution in [3.05, 3.63) is 71.5 Å². The number of carbonyl (C=O) groups is 1. The van der Waals surface area contributed by atoms with Gasteiger partial charge in [0, 0.05) is 17.8 Å². The maximum atomic E-state index is 14.0. The number of benzene rings is 2. The first kappa shape index (κ1) is 21.5. The standard InChI is InChI=1S/C24H25FN4O3/c1-4-5-13-29-15(2)20(21(26-24(29)30)17-7-6-8-18(25)14-17)23-27-22(28-32-23)16-9-11-19(31-3)12-10-16/h6-12,14,21H,4-5,13H2,1-3H3,(H,26,30). The molecule has 8 heteroatoms. The van der Waals surface area contributed by atoms with E-state index >= 15 is 0 Å². The van der Waals surface area contributed by atoms with Crippen LogP contribution in [-0.2, 0) is 0 Å². The SMILES string of the molecule is CCCCN1C(=O)NC(c2cccc(F)c2)C(c2nc(-c3ccc(OC)cc3)no2)=C1C. The molecule has 0 fully saturated rings. The second kappa shape index (κ2) is 9.21. The lowest BCUT2D eigenvalue weighted by Crippen LogP contribution is -2.46. The predicted octanol–water partition coefficient (Wildman–Crippen LogP) is 5.18. The van der Waals surface area contributed by atoms with Gasteiger partial charge in [-0.1, -0.05) is 30.6 Å². The number of unbranched alkanes of at least 4 members (excludes halogenated alkanes) is 1. The number of amides is 2. The average Bonchev–Trinajstić information content (AvgIpc) is 3.28. The third-order valence-corrected chi connectivity index (χ3v) is 5.52. The van der Waals surface area contributed by atoms with Crippen LogP contribution >= 0.6 is 0 Å².